The Kier molecular flexibility index (Phi) is 4.32. The maximum Gasteiger partial charge on any atom is 0.271 e. The maximum absolute atomic E-state index is 12.4. The Balaban J connectivity index is 2.33. The molecule has 8 heteroatoms. The van der Waals surface area contributed by atoms with Crippen molar-refractivity contribution in [2.75, 3.05) is 19.8 Å². The lowest BCUT2D eigenvalue weighted by atomic mass is 10.1. The number of halogens is 1. The van der Waals surface area contributed by atoms with E-state index in [0.717, 1.165) is 0 Å². The molecule has 0 unspecified atom stereocenters. The first kappa shape index (κ1) is 14.4. The van der Waals surface area contributed by atoms with Crippen molar-refractivity contribution >= 4 is 27.5 Å². The van der Waals surface area contributed by atoms with Gasteiger partial charge in [-0.25, -0.2) is 0 Å². The molecule has 1 atom stereocenters. The van der Waals surface area contributed by atoms with Crippen LogP contribution in [-0.2, 0) is 4.74 Å². The fourth-order valence-electron chi connectivity index (χ4n) is 1.92. The number of hydrogen-bond donors (Lipinski definition) is 0. The van der Waals surface area contributed by atoms with Crippen LogP contribution in [0.3, 0.4) is 0 Å². The summed E-state index contributed by atoms with van der Waals surface area (Å²) in [7, 11) is 0. The van der Waals surface area contributed by atoms with Crippen molar-refractivity contribution in [3.63, 3.8) is 0 Å². The van der Waals surface area contributed by atoms with Crippen molar-refractivity contribution in [2.24, 2.45) is 0 Å². The van der Waals surface area contributed by atoms with Crippen molar-refractivity contribution in [1.29, 1.82) is 5.26 Å². The minimum Gasteiger partial charge on any atom is -0.376 e. The number of benzene rings is 1. The Morgan fingerprint density at radius 3 is 2.95 bits per heavy atom. The predicted octanol–water partition coefficient (Wildman–Crippen LogP) is 1.72. The molecule has 20 heavy (non-hydrogen) atoms. The minimum atomic E-state index is -0.672. The van der Waals surface area contributed by atoms with Gasteiger partial charge in [0.05, 0.1) is 24.2 Å². The number of carbonyl (C=O) groups is 1. The Morgan fingerprint density at radius 1 is 1.55 bits per heavy atom. The lowest BCUT2D eigenvalue weighted by molar-refractivity contribution is -0.385. The van der Waals surface area contributed by atoms with Gasteiger partial charge in [0, 0.05) is 28.7 Å². The van der Waals surface area contributed by atoms with Gasteiger partial charge in [-0.15, -0.1) is 0 Å². The summed E-state index contributed by atoms with van der Waals surface area (Å²) in [6, 6.07) is 5.34. The zero-order valence-electron chi connectivity index (χ0n) is 10.3. The Labute approximate surface area is 123 Å². The molecular formula is C12H10BrN3O4. The van der Waals surface area contributed by atoms with E-state index in [1.54, 1.807) is 0 Å². The van der Waals surface area contributed by atoms with E-state index in [-0.39, 0.29) is 24.4 Å². The van der Waals surface area contributed by atoms with Gasteiger partial charge in [-0.1, -0.05) is 15.9 Å². The minimum absolute atomic E-state index is 0.151. The first-order valence-corrected chi connectivity index (χ1v) is 6.55. The maximum atomic E-state index is 12.4. The number of nitriles is 1. The zero-order valence-corrected chi connectivity index (χ0v) is 11.9. The highest BCUT2D eigenvalue weighted by molar-refractivity contribution is 9.10. The molecule has 0 radical (unpaired) electrons. The summed E-state index contributed by atoms with van der Waals surface area (Å²) in [5.74, 6) is -0.413. The summed E-state index contributed by atoms with van der Waals surface area (Å²) in [5.41, 5.74) is -0.00211. The number of ether oxygens (including phenoxy) is 1. The second-order valence-electron chi connectivity index (χ2n) is 4.17. The highest BCUT2D eigenvalue weighted by Crippen LogP contribution is 2.23. The third kappa shape index (κ3) is 2.95. The van der Waals surface area contributed by atoms with Crippen LogP contribution < -0.4 is 0 Å². The molecule has 1 heterocycles. The van der Waals surface area contributed by atoms with E-state index in [4.69, 9.17) is 10.00 Å². The summed E-state index contributed by atoms with van der Waals surface area (Å²) >= 11 is 3.14. The molecule has 1 aliphatic heterocycles. The topological polar surface area (TPSA) is 96.5 Å². The average molecular weight is 340 g/mol. The van der Waals surface area contributed by atoms with Crippen LogP contribution >= 0.6 is 15.9 Å². The Bertz CT molecular complexity index is 599. The molecule has 1 fully saturated rings. The summed E-state index contributed by atoms with van der Waals surface area (Å²) in [6.45, 7) is 0.787. The van der Waals surface area contributed by atoms with Crippen molar-refractivity contribution < 1.29 is 14.5 Å². The van der Waals surface area contributed by atoms with E-state index >= 15 is 0 Å². The van der Waals surface area contributed by atoms with Gasteiger partial charge in [0.25, 0.3) is 11.6 Å². The number of nitro benzene ring substituents is 1. The molecule has 0 N–H and O–H groups in total. The van der Waals surface area contributed by atoms with Gasteiger partial charge in [-0.2, -0.15) is 5.26 Å². The molecule has 0 spiro atoms. The molecule has 2 rings (SSSR count). The molecule has 0 aliphatic carbocycles. The summed E-state index contributed by atoms with van der Waals surface area (Å²) in [4.78, 5) is 24.0. The van der Waals surface area contributed by atoms with Crippen LogP contribution in [0, 0.1) is 21.4 Å². The fourth-order valence-corrected chi connectivity index (χ4v) is 2.40. The number of non-ortho nitro benzene ring substituents is 1. The van der Waals surface area contributed by atoms with Crippen molar-refractivity contribution in [1.82, 2.24) is 4.90 Å². The smallest absolute Gasteiger partial charge is 0.271 e. The van der Waals surface area contributed by atoms with Gasteiger partial charge in [-0.3, -0.25) is 14.9 Å². The number of nitro groups is 1. The summed E-state index contributed by atoms with van der Waals surface area (Å²) in [6.07, 6.45) is 0. The van der Waals surface area contributed by atoms with Crippen LogP contribution in [0.1, 0.15) is 10.4 Å². The first-order valence-electron chi connectivity index (χ1n) is 5.76. The number of rotatable bonds is 2. The van der Waals surface area contributed by atoms with Crippen LogP contribution in [0.2, 0.25) is 0 Å². The first-order chi connectivity index (χ1) is 9.52. The van der Waals surface area contributed by atoms with Crippen LogP contribution in [0.25, 0.3) is 0 Å². The predicted molar refractivity (Wildman–Crippen MR) is 72.1 cm³/mol. The van der Waals surface area contributed by atoms with Gasteiger partial charge in [-0.05, 0) is 6.07 Å². The monoisotopic (exact) mass is 339 g/mol. The van der Waals surface area contributed by atoms with E-state index in [2.05, 4.69) is 15.9 Å². The molecule has 1 amide bonds. The highest BCUT2D eigenvalue weighted by Gasteiger charge is 2.28. The van der Waals surface area contributed by atoms with Gasteiger partial charge in [0.15, 0.2) is 0 Å². The van der Waals surface area contributed by atoms with Gasteiger partial charge in [0.1, 0.15) is 6.04 Å². The number of morpholine rings is 1. The van der Waals surface area contributed by atoms with Crippen LogP contribution in [0.4, 0.5) is 5.69 Å². The molecule has 1 aliphatic rings. The van der Waals surface area contributed by atoms with Crippen LogP contribution in [0.5, 0.6) is 0 Å². The second-order valence-corrected chi connectivity index (χ2v) is 5.09. The lowest BCUT2D eigenvalue weighted by Crippen LogP contribution is -2.48. The van der Waals surface area contributed by atoms with Crippen molar-refractivity contribution in [3.8, 4) is 6.07 Å². The van der Waals surface area contributed by atoms with Gasteiger partial charge >= 0.3 is 0 Å². The van der Waals surface area contributed by atoms with Gasteiger partial charge < -0.3 is 9.64 Å². The normalized spacial score (nSPS) is 18.4. The second kappa shape index (κ2) is 5.98. The summed E-state index contributed by atoms with van der Waals surface area (Å²) < 4.78 is 5.58. The fraction of sp³-hybridized carbons (Fsp3) is 0.333. The third-order valence-corrected chi connectivity index (χ3v) is 3.34. The van der Waals surface area contributed by atoms with E-state index in [0.29, 0.717) is 11.1 Å². The Morgan fingerprint density at radius 2 is 2.30 bits per heavy atom. The summed E-state index contributed by atoms with van der Waals surface area (Å²) in [5, 5.41) is 19.8. The quantitative estimate of drug-likeness (QED) is 0.603. The SMILES string of the molecule is N#C[C@@H]1COCCN1C(=O)c1cc(Br)cc([N+](=O)[O-])c1. The van der Waals surface area contributed by atoms with Crippen molar-refractivity contribution in [3.05, 3.63) is 38.3 Å². The van der Waals surface area contributed by atoms with E-state index < -0.39 is 16.9 Å². The Hall–Kier alpha value is -1.98. The van der Waals surface area contributed by atoms with Gasteiger partial charge in [0.2, 0.25) is 0 Å². The molecule has 7 nitrogen and oxygen atoms in total. The van der Waals surface area contributed by atoms with E-state index in [1.165, 1.54) is 23.1 Å². The van der Waals surface area contributed by atoms with Crippen molar-refractivity contribution in [2.45, 2.75) is 6.04 Å². The molecular weight excluding hydrogens is 330 g/mol. The zero-order chi connectivity index (χ0) is 14.7. The number of amides is 1. The standard InChI is InChI=1S/C12H10BrN3O4/c13-9-3-8(4-10(5-9)16(18)19)12(17)15-1-2-20-7-11(15)6-14/h3-5,11H,1-2,7H2/t11-/m1/s1. The average Bonchev–Trinajstić information content (AvgIpc) is 2.45. The third-order valence-electron chi connectivity index (χ3n) is 2.88. The number of hydrogen-bond acceptors (Lipinski definition) is 5. The van der Waals surface area contributed by atoms with Crippen LogP contribution in [-0.4, -0.2) is 41.5 Å². The lowest BCUT2D eigenvalue weighted by Gasteiger charge is -2.31. The highest BCUT2D eigenvalue weighted by atomic mass is 79.9. The molecule has 1 aromatic rings. The largest absolute Gasteiger partial charge is 0.376 e. The molecule has 0 aromatic heterocycles. The molecule has 0 bridgehead atoms. The van der Waals surface area contributed by atoms with Crippen LogP contribution in [0.15, 0.2) is 22.7 Å². The number of carbonyl (C=O) groups excluding carboxylic acids is 1. The molecule has 104 valence electrons. The molecule has 1 aromatic carbocycles. The van der Waals surface area contributed by atoms with E-state index in [9.17, 15) is 14.9 Å². The molecule has 1 saturated heterocycles. The molecule has 0 saturated carbocycles. The number of nitrogens with zero attached hydrogens (tertiary/aromatic N) is 3. The van der Waals surface area contributed by atoms with E-state index in [1.807, 2.05) is 6.07 Å².